The third kappa shape index (κ3) is 4.04. The number of carbonyl (C=O) groups is 1. The Hall–Kier alpha value is -3.86. The van der Waals surface area contributed by atoms with E-state index in [4.69, 9.17) is 4.74 Å². The summed E-state index contributed by atoms with van der Waals surface area (Å²) >= 11 is 0. The van der Waals surface area contributed by atoms with Crippen molar-refractivity contribution < 1.29 is 9.53 Å². The molecule has 0 bridgehead atoms. The van der Waals surface area contributed by atoms with Crippen molar-refractivity contribution in [2.24, 2.45) is 0 Å². The topological polar surface area (TPSA) is 67.0 Å². The highest BCUT2D eigenvalue weighted by Crippen LogP contribution is 2.26. The number of hydrogen-bond donors (Lipinski definition) is 2. The molecule has 0 atom stereocenters. The molecule has 0 aliphatic heterocycles. The number of nitrogens with one attached hydrogen (secondary N) is 2. The van der Waals surface area contributed by atoms with Crippen LogP contribution >= 0.6 is 0 Å². The van der Waals surface area contributed by atoms with E-state index in [0.29, 0.717) is 11.4 Å². The summed E-state index contributed by atoms with van der Waals surface area (Å²) in [6.45, 7) is 0. The molecule has 0 radical (unpaired) electrons. The van der Waals surface area contributed by atoms with Crippen LogP contribution in [0.5, 0.6) is 11.5 Å². The molecule has 1 heterocycles. The Morgan fingerprint density at radius 3 is 2.33 bits per heavy atom. The van der Waals surface area contributed by atoms with Crippen molar-refractivity contribution in [1.82, 2.24) is 9.97 Å². The molecule has 3 aromatic carbocycles. The average Bonchev–Trinajstić information content (AvgIpc) is 3.20. The highest BCUT2D eigenvalue weighted by atomic mass is 16.5. The zero-order valence-corrected chi connectivity index (χ0v) is 14.4. The SMILES string of the molecule is O=C(Nc1ccccc1)c1nc(-c2cccc(Oc3ccccc3)c2)c[nH]1. The lowest BCUT2D eigenvalue weighted by atomic mass is 10.1. The fourth-order valence-electron chi connectivity index (χ4n) is 2.64. The number of rotatable bonds is 5. The molecule has 5 nitrogen and oxygen atoms in total. The molecule has 1 aromatic heterocycles. The van der Waals surface area contributed by atoms with Crippen molar-refractivity contribution in [3.63, 3.8) is 0 Å². The Morgan fingerprint density at radius 1 is 0.852 bits per heavy atom. The lowest BCUT2D eigenvalue weighted by molar-refractivity contribution is 0.101. The zero-order valence-electron chi connectivity index (χ0n) is 14.4. The summed E-state index contributed by atoms with van der Waals surface area (Å²) in [4.78, 5) is 19.7. The van der Waals surface area contributed by atoms with Gasteiger partial charge < -0.3 is 15.0 Å². The molecule has 0 fully saturated rings. The van der Waals surface area contributed by atoms with E-state index in [-0.39, 0.29) is 11.7 Å². The van der Waals surface area contributed by atoms with Gasteiger partial charge in [-0.05, 0) is 36.4 Å². The molecule has 0 unspecified atom stereocenters. The van der Waals surface area contributed by atoms with Crippen LogP contribution in [0.4, 0.5) is 5.69 Å². The molecule has 0 saturated heterocycles. The first kappa shape index (κ1) is 16.6. The number of amides is 1. The highest BCUT2D eigenvalue weighted by Gasteiger charge is 2.12. The van der Waals surface area contributed by atoms with Gasteiger partial charge in [-0.2, -0.15) is 0 Å². The molecular formula is C22H17N3O2. The second-order valence-electron chi connectivity index (χ2n) is 5.90. The number of nitrogens with zero attached hydrogens (tertiary/aromatic N) is 1. The molecule has 5 heteroatoms. The van der Waals surface area contributed by atoms with Crippen LogP contribution in [0, 0.1) is 0 Å². The van der Waals surface area contributed by atoms with Crippen LogP contribution < -0.4 is 10.1 Å². The van der Waals surface area contributed by atoms with Crippen LogP contribution in [-0.4, -0.2) is 15.9 Å². The standard InChI is InChI=1S/C22H17N3O2/c26-22(24-17-9-3-1-4-10-17)21-23-15-20(25-21)16-8-7-13-19(14-16)27-18-11-5-2-6-12-18/h1-15H,(H,23,25)(H,24,26). The van der Waals surface area contributed by atoms with E-state index in [9.17, 15) is 4.79 Å². The summed E-state index contributed by atoms with van der Waals surface area (Å²) in [6, 6.07) is 26.4. The summed E-state index contributed by atoms with van der Waals surface area (Å²) in [6.07, 6.45) is 1.71. The third-order valence-corrected chi connectivity index (χ3v) is 3.93. The van der Waals surface area contributed by atoms with E-state index in [1.165, 1.54) is 0 Å². The van der Waals surface area contributed by atoms with Crippen molar-refractivity contribution in [1.29, 1.82) is 0 Å². The van der Waals surface area contributed by atoms with E-state index in [2.05, 4.69) is 15.3 Å². The Bertz CT molecular complexity index is 1040. The van der Waals surface area contributed by atoms with Crippen molar-refractivity contribution in [2.75, 3.05) is 5.32 Å². The number of aromatic amines is 1. The maximum Gasteiger partial charge on any atom is 0.291 e. The van der Waals surface area contributed by atoms with Gasteiger partial charge in [0.25, 0.3) is 5.91 Å². The third-order valence-electron chi connectivity index (χ3n) is 3.93. The summed E-state index contributed by atoms with van der Waals surface area (Å²) in [5.74, 6) is 1.43. The Labute approximate surface area is 156 Å². The van der Waals surface area contributed by atoms with Crippen LogP contribution in [-0.2, 0) is 0 Å². The molecular weight excluding hydrogens is 338 g/mol. The summed E-state index contributed by atoms with van der Waals surface area (Å²) in [5.41, 5.74) is 2.25. The Balaban J connectivity index is 1.51. The van der Waals surface area contributed by atoms with E-state index in [1.807, 2.05) is 84.9 Å². The fraction of sp³-hybridized carbons (Fsp3) is 0. The van der Waals surface area contributed by atoms with Gasteiger partial charge in [0, 0.05) is 17.4 Å². The highest BCUT2D eigenvalue weighted by molar-refractivity contribution is 6.01. The maximum absolute atomic E-state index is 12.3. The van der Waals surface area contributed by atoms with Crippen LogP contribution in [0.15, 0.2) is 91.1 Å². The van der Waals surface area contributed by atoms with Gasteiger partial charge in [0.1, 0.15) is 11.5 Å². The molecule has 132 valence electrons. The first-order valence-electron chi connectivity index (χ1n) is 8.53. The maximum atomic E-state index is 12.3. The smallest absolute Gasteiger partial charge is 0.291 e. The molecule has 0 aliphatic rings. The first-order chi connectivity index (χ1) is 13.3. The molecule has 2 N–H and O–H groups in total. The minimum Gasteiger partial charge on any atom is -0.457 e. The minimum absolute atomic E-state index is 0.253. The van der Waals surface area contributed by atoms with E-state index < -0.39 is 0 Å². The van der Waals surface area contributed by atoms with Gasteiger partial charge in [-0.1, -0.05) is 48.5 Å². The Morgan fingerprint density at radius 2 is 1.56 bits per heavy atom. The molecule has 0 spiro atoms. The van der Waals surface area contributed by atoms with Gasteiger partial charge in [0.05, 0.1) is 5.69 Å². The van der Waals surface area contributed by atoms with Crippen LogP contribution in [0.25, 0.3) is 11.3 Å². The molecule has 1 amide bonds. The van der Waals surface area contributed by atoms with Gasteiger partial charge in [-0.3, -0.25) is 4.79 Å². The number of aromatic nitrogens is 2. The van der Waals surface area contributed by atoms with Crippen molar-refractivity contribution in [3.05, 3.63) is 97.0 Å². The van der Waals surface area contributed by atoms with Crippen LogP contribution in [0.2, 0.25) is 0 Å². The van der Waals surface area contributed by atoms with Crippen LogP contribution in [0.3, 0.4) is 0 Å². The number of anilines is 1. The Kier molecular flexibility index (Phi) is 4.66. The van der Waals surface area contributed by atoms with E-state index >= 15 is 0 Å². The predicted octanol–water partition coefficient (Wildman–Crippen LogP) is 5.12. The number of hydrogen-bond acceptors (Lipinski definition) is 3. The number of ether oxygens (including phenoxy) is 1. The lowest BCUT2D eigenvalue weighted by Gasteiger charge is -2.06. The normalized spacial score (nSPS) is 10.4. The molecule has 0 aliphatic carbocycles. The summed E-state index contributed by atoms with van der Waals surface area (Å²) in [7, 11) is 0. The predicted molar refractivity (Wildman–Crippen MR) is 105 cm³/mol. The van der Waals surface area contributed by atoms with Gasteiger partial charge in [0.15, 0.2) is 5.82 Å². The van der Waals surface area contributed by atoms with E-state index in [1.54, 1.807) is 6.20 Å². The quantitative estimate of drug-likeness (QED) is 0.522. The summed E-state index contributed by atoms with van der Waals surface area (Å²) < 4.78 is 5.86. The molecule has 0 saturated carbocycles. The first-order valence-corrected chi connectivity index (χ1v) is 8.53. The van der Waals surface area contributed by atoms with Gasteiger partial charge in [-0.15, -0.1) is 0 Å². The zero-order chi connectivity index (χ0) is 18.5. The van der Waals surface area contributed by atoms with Gasteiger partial charge in [0.2, 0.25) is 0 Å². The second-order valence-corrected chi connectivity index (χ2v) is 5.90. The monoisotopic (exact) mass is 355 g/mol. The van der Waals surface area contributed by atoms with Crippen molar-refractivity contribution in [2.45, 2.75) is 0 Å². The molecule has 4 aromatic rings. The lowest BCUT2D eigenvalue weighted by Crippen LogP contribution is -2.13. The van der Waals surface area contributed by atoms with Crippen LogP contribution in [0.1, 0.15) is 10.6 Å². The number of imidazole rings is 1. The minimum atomic E-state index is -0.288. The van der Waals surface area contributed by atoms with E-state index in [0.717, 1.165) is 17.0 Å². The molecule has 4 rings (SSSR count). The van der Waals surface area contributed by atoms with Crippen molar-refractivity contribution >= 4 is 11.6 Å². The molecule has 27 heavy (non-hydrogen) atoms. The number of benzene rings is 3. The van der Waals surface area contributed by atoms with Crippen molar-refractivity contribution in [3.8, 4) is 22.8 Å². The second kappa shape index (κ2) is 7.58. The number of H-pyrrole nitrogens is 1. The van der Waals surface area contributed by atoms with Gasteiger partial charge >= 0.3 is 0 Å². The number of carbonyl (C=O) groups excluding carboxylic acids is 1. The number of para-hydroxylation sites is 2. The fourth-order valence-corrected chi connectivity index (χ4v) is 2.64. The average molecular weight is 355 g/mol. The summed E-state index contributed by atoms with van der Waals surface area (Å²) in [5, 5.41) is 2.81. The van der Waals surface area contributed by atoms with Gasteiger partial charge in [-0.25, -0.2) is 4.98 Å². The largest absolute Gasteiger partial charge is 0.457 e.